The monoisotopic (exact) mass is 387 g/mol. The number of benzene rings is 2. The Labute approximate surface area is 173 Å². The maximum absolute atomic E-state index is 12.3. The summed E-state index contributed by atoms with van der Waals surface area (Å²) in [5.41, 5.74) is 3.44. The van der Waals surface area contributed by atoms with Gasteiger partial charge in [-0.25, -0.2) is 0 Å². The molecule has 0 aliphatic carbocycles. The maximum Gasteiger partial charge on any atom is 0.224 e. The van der Waals surface area contributed by atoms with Crippen molar-refractivity contribution in [2.24, 2.45) is 5.92 Å². The summed E-state index contributed by atoms with van der Waals surface area (Å²) in [7, 11) is 0. The topological polar surface area (TPSA) is 45.2 Å². The van der Waals surface area contributed by atoms with E-state index in [4.69, 9.17) is 0 Å². The zero-order valence-electron chi connectivity index (χ0n) is 17.1. The number of rotatable bonds is 6. The van der Waals surface area contributed by atoms with Gasteiger partial charge in [0.2, 0.25) is 5.91 Å². The van der Waals surface area contributed by atoms with Crippen LogP contribution in [0.5, 0.6) is 0 Å². The highest BCUT2D eigenvalue weighted by atomic mass is 16.1. The van der Waals surface area contributed by atoms with Crippen molar-refractivity contribution in [1.82, 2.24) is 9.88 Å². The standard InChI is InChI=1S/C25H29N3O/c1-19-4-2-7-23(16-19)27-25(29)9-8-20-11-14-28(15-12-20)18-22-6-3-5-21-17-26-13-10-24(21)22/h2-7,10,13,16-17,20H,8-9,11-12,14-15,18H2,1H3,(H,27,29). The van der Waals surface area contributed by atoms with E-state index in [9.17, 15) is 4.79 Å². The van der Waals surface area contributed by atoms with Gasteiger partial charge in [-0.1, -0.05) is 30.3 Å². The Balaban J connectivity index is 1.24. The van der Waals surface area contributed by atoms with Crippen LogP contribution in [0.4, 0.5) is 5.69 Å². The Morgan fingerprint density at radius 3 is 2.79 bits per heavy atom. The number of nitrogens with zero attached hydrogens (tertiary/aromatic N) is 2. The van der Waals surface area contributed by atoms with Gasteiger partial charge in [0, 0.05) is 36.4 Å². The molecule has 1 amide bonds. The second kappa shape index (κ2) is 9.19. The van der Waals surface area contributed by atoms with Crippen LogP contribution in [0, 0.1) is 12.8 Å². The third-order valence-electron chi connectivity index (χ3n) is 5.95. The van der Waals surface area contributed by atoms with E-state index in [0.717, 1.165) is 37.3 Å². The summed E-state index contributed by atoms with van der Waals surface area (Å²) in [6, 6.07) is 16.6. The molecule has 29 heavy (non-hydrogen) atoms. The average molecular weight is 388 g/mol. The minimum absolute atomic E-state index is 0.127. The predicted molar refractivity (Wildman–Crippen MR) is 119 cm³/mol. The normalized spacial score (nSPS) is 15.5. The number of pyridine rings is 1. The summed E-state index contributed by atoms with van der Waals surface area (Å²) < 4.78 is 0. The number of carbonyl (C=O) groups is 1. The molecule has 0 saturated carbocycles. The number of amides is 1. The molecule has 0 radical (unpaired) electrons. The maximum atomic E-state index is 12.3. The van der Waals surface area contributed by atoms with Crippen molar-refractivity contribution >= 4 is 22.4 Å². The van der Waals surface area contributed by atoms with Crippen LogP contribution < -0.4 is 5.32 Å². The van der Waals surface area contributed by atoms with Crippen molar-refractivity contribution in [2.45, 2.75) is 39.2 Å². The number of fused-ring (bicyclic) bond motifs is 1. The molecule has 0 atom stereocenters. The summed E-state index contributed by atoms with van der Waals surface area (Å²) in [5.74, 6) is 0.772. The van der Waals surface area contributed by atoms with Crippen LogP contribution in [0.1, 0.15) is 36.8 Å². The van der Waals surface area contributed by atoms with Crippen molar-refractivity contribution in [3.05, 3.63) is 72.1 Å². The second-order valence-electron chi connectivity index (χ2n) is 8.19. The van der Waals surface area contributed by atoms with Gasteiger partial charge >= 0.3 is 0 Å². The molecule has 1 aliphatic heterocycles. The molecule has 2 heterocycles. The Kier molecular flexibility index (Phi) is 6.20. The number of hydrogen-bond acceptors (Lipinski definition) is 3. The Morgan fingerprint density at radius 2 is 1.97 bits per heavy atom. The fourth-order valence-electron chi connectivity index (χ4n) is 4.28. The Bertz CT molecular complexity index is 971. The van der Waals surface area contributed by atoms with E-state index in [1.54, 1.807) is 0 Å². The van der Waals surface area contributed by atoms with Gasteiger partial charge in [0.15, 0.2) is 0 Å². The molecule has 1 saturated heterocycles. The molecule has 150 valence electrons. The van der Waals surface area contributed by atoms with Crippen molar-refractivity contribution < 1.29 is 4.79 Å². The highest BCUT2D eigenvalue weighted by molar-refractivity contribution is 5.90. The molecular weight excluding hydrogens is 358 g/mol. The van der Waals surface area contributed by atoms with E-state index >= 15 is 0 Å². The third-order valence-corrected chi connectivity index (χ3v) is 5.95. The van der Waals surface area contributed by atoms with Gasteiger partial charge in [0.25, 0.3) is 0 Å². The molecular formula is C25H29N3O. The van der Waals surface area contributed by atoms with Gasteiger partial charge in [-0.2, -0.15) is 0 Å². The lowest BCUT2D eigenvalue weighted by atomic mass is 9.91. The van der Waals surface area contributed by atoms with Gasteiger partial charge in [0.1, 0.15) is 0 Å². The first-order valence-electron chi connectivity index (χ1n) is 10.6. The molecule has 3 aromatic rings. The smallest absolute Gasteiger partial charge is 0.224 e. The fourth-order valence-corrected chi connectivity index (χ4v) is 4.28. The van der Waals surface area contributed by atoms with Gasteiger partial charge < -0.3 is 5.32 Å². The number of anilines is 1. The van der Waals surface area contributed by atoms with E-state index in [-0.39, 0.29) is 5.91 Å². The van der Waals surface area contributed by atoms with Gasteiger partial charge in [-0.3, -0.25) is 14.7 Å². The third kappa shape index (κ3) is 5.21. The van der Waals surface area contributed by atoms with E-state index < -0.39 is 0 Å². The van der Waals surface area contributed by atoms with Crippen molar-refractivity contribution in [3.63, 3.8) is 0 Å². The van der Waals surface area contributed by atoms with Crippen LogP contribution in [0.2, 0.25) is 0 Å². The number of piperidine rings is 1. The van der Waals surface area contributed by atoms with E-state index in [1.165, 1.54) is 29.2 Å². The first-order valence-corrected chi connectivity index (χ1v) is 10.6. The minimum Gasteiger partial charge on any atom is -0.326 e. The largest absolute Gasteiger partial charge is 0.326 e. The molecule has 0 spiro atoms. The highest BCUT2D eigenvalue weighted by Crippen LogP contribution is 2.25. The van der Waals surface area contributed by atoms with Crippen LogP contribution in [0.3, 0.4) is 0 Å². The fraction of sp³-hybridized carbons (Fsp3) is 0.360. The number of nitrogens with one attached hydrogen (secondary N) is 1. The second-order valence-corrected chi connectivity index (χ2v) is 8.19. The molecule has 1 aromatic heterocycles. The van der Waals surface area contributed by atoms with Gasteiger partial charge in [-0.05, 0) is 79.9 Å². The Morgan fingerprint density at radius 1 is 1.14 bits per heavy atom. The van der Waals surface area contributed by atoms with E-state index in [2.05, 4.69) is 39.5 Å². The van der Waals surface area contributed by atoms with E-state index in [0.29, 0.717) is 12.3 Å². The van der Waals surface area contributed by atoms with Crippen LogP contribution in [-0.4, -0.2) is 28.9 Å². The molecule has 1 aliphatic rings. The zero-order valence-corrected chi connectivity index (χ0v) is 17.1. The predicted octanol–water partition coefficient (Wildman–Crippen LogP) is 5.17. The highest BCUT2D eigenvalue weighted by Gasteiger charge is 2.20. The quantitative estimate of drug-likeness (QED) is 0.634. The summed E-state index contributed by atoms with van der Waals surface area (Å²) >= 11 is 0. The van der Waals surface area contributed by atoms with Crippen molar-refractivity contribution in [3.8, 4) is 0 Å². The first-order chi connectivity index (χ1) is 14.2. The number of likely N-dealkylation sites (tertiary alicyclic amines) is 1. The molecule has 0 bridgehead atoms. The zero-order chi connectivity index (χ0) is 20.1. The van der Waals surface area contributed by atoms with Crippen LogP contribution >= 0.6 is 0 Å². The summed E-state index contributed by atoms with van der Waals surface area (Å²) in [6.07, 6.45) is 7.74. The minimum atomic E-state index is 0.127. The van der Waals surface area contributed by atoms with Crippen LogP contribution in [0.15, 0.2) is 60.9 Å². The van der Waals surface area contributed by atoms with Crippen molar-refractivity contribution in [2.75, 3.05) is 18.4 Å². The van der Waals surface area contributed by atoms with Crippen LogP contribution in [0.25, 0.3) is 10.8 Å². The van der Waals surface area contributed by atoms with Gasteiger partial charge in [-0.15, -0.1) is 0 Å². The number of aryl methyl sites for hydroxylation is 1. The SMILES string of the molecule is Cc1cccc(NC(=O)CCC2CCN(Cc3cccc4cnccc34)CC2)c1. The molecule has 0 unspecified atom stereocenters. The summed E-state index contributed by atoms with van der Waals surface area (Å²) in [6.45, 7) is 5.23. The number of aromatic nitrogens is 1. The molecule has 1 fully saturated rings. The van der Waals surface area contributed by atoms with Gasteiger partial charge in [0.05, 0.1) is 0 Å². The molecule has 4 rings (SSSR count). The first kappa shape index (κ1) is 19.6. The average Bonchev–Trinajstić information content (AvgIpc) is 2.74. The van der Waals surface area contributed by atoms with Crippen molar-refractivity contribution in [1.29, 1.82) is 0 Å². The molecule has 4 heteroatoms. The Hall–Kier alpha value is -2.72. The number of hydrogen-bond donors (Lipinski definition) is 1. The molecule has 4 nitrogen and oxygen atoms in total. The summed E-state index contributed by atoms with van der Waals surface area (Å²) in [5, 5.41) is 5.54. The lowest BCUT2D eigenvalue weighted by Crippen LogP contribution is -2.33. The summed E-state index contributed by atoms with van der Waals surface area (Å²) in [4.78, 5) is 19.0. The lowest BCUT2D eigenvalue weighted by Gasteiger charge is -2.32. The van der Waals surface area contributed by atoms with E-state index in [1.807, 2.05) is 43.6 Å². The van der Waals surface area contributed by atoms with Crippen LogP contribution in [-0.2, 0) is 11.3 Å². The molecule has 1 N–H and O–H groups in total. The molecule has 2 aromatic carbocycles. The number of carbonyl (C=O) groups excluding carboxylic acids is 1. The lowest BCUT2D eigenvalue weighted by molar-refractivity contribution is -0.116.